The molecule has 1 N–H and O–H groups in total. The third kappa shape index (κ3) is 3.17. The number of carbonyl (C=O) groups is 2. The van der Waals surface area contributed by atoms with Crippen molar-refractivity contribution in [3.8, 4) is 5.75 Å². The van der Waals surface area contributed by atoms with Gasteiger partial charge in [-0.3, -0.25) is 9.59 Å². The van der Waals surface area contributed by atoms with Gasteiger partial charge in [0.1, 0.15) is 11.8 Å². The van der Waals surface area contributed by atoms with E-state index in [2.05, 4.69) is 24.9 Å². The molecule has 160 valence electrons. The molecule has 31 heavy (non-hydrogen) atoms. The number of para-hydroxylation sites is 1. The number of benzene rings is 2. The van der Waals surface area contributed by atoms with Crippen LogP contribution in [-0.4, -0.2) is 52.8 Å². The van der Waals surface area contributed by atoms with E-state index in [1.165, 1.54) is 0 Å². The first-order valence-electron chi connectivity index (χ1n) is 10.8. The number of aromatic amines is 1. The fraction of sp³-hybridized carbons (Fsp3) is 0.360. The number of hydrogen-bond acceptors (Lipinski definition) is 3. The minimum atomic E-state index is -0.497. The Bertz CT molecular complexity index is 1170. The van der Waals surface area contributed by atoms with E-state index < -0.39 is 6.04 Å². The van der Waals surface area contributed by atoms with Crippen molar-refractivity contribution in [1.29, 1.82) is 0 Å². The maximum atomic E-state index is 13.5. The zero-order chi connectivity index (χ0) is 21.7. The number of nitrogens with zero attached hydrogens (tertiary/aromatic N) is 2. The summed E-state index contributed by atoms with van der Waals surface area (Å²) in [6.45, 7) is 4.87. The van der Waals surface area contributed by atoms with E-state index in [0.29, 0.717) is 18.9 Å². The van der Waals surface area contributed by atoms with Gasteiger partial charge in [-0.1, -0.05) is 44.2 Å². The smallest absolute Gasteiger partial charge is 0.246 e. The predicted molar refractivity (Wildman–Crippen MR) is 119 cm³/mol. The molecule has 0 bridgehead atoms. The SMILES string of the molecule is COc1cccc([C@@H]2c3[nH]c4ccccc4c3C[C@H]3C(=O)N(CC(C)C)CC(=O)N23)c1. The van der Waals surface area contributed by atoms with Gasteiger partial charge in [0.25, 0.3) is 0 Å². The third-order valence-corrected chi connectivity index (χ3v) is 6.34. The zero-order valence-electron chi connectivity index (χ0n) is 18.1. The molecule has 3 aromatic rings. The maximum absolute atomic E-state index is 13.5. The van der Waals surface area contributed by atoms with Crippen LogP contribution in [0.5, 0.6) is 5.75 Å². The maximum Gasteiger partial charge on any atom is 0.246 e. The number of hydrogen-bond donors (Lipinski definition) is 1. The number of methoxy groups -OCH3 is 1. The first-order chi connectivity index (χ1) is 15.0. The standard InChI is InChI=1S/C25H27N3O3/c1-15(2)13-27-14-22(29)28-21(25(27)30)12-19-18-9-4-5-10-20(18)26-23(19)24(28)16-7-6-8-17(11-16)31-3/h4-11,15,21,24,26H,12-14H2,1-3H3/t21-,24+/m0/s1. The number of aromatic nitrogens is 1. The lowest BCUT2D eigenvalue weighted by Crippen LogP contribution is -2.63. The largest absolute Gasteiger partial charge is 0.497 e. The number of piperazine rings is 1. The molecule has 0 radical (unpaired) electrons. The van der Waals surface area contributed by atoms with Crippen LogP contribution in [0.1, 0.15) is 36.7 Å². The molecule has 2 atom stereocenters. The summed E-state index contributed by atoms with van der Waals surface area (Å²) in [6, 6.07) is 15.1. The Labute approximate surface area is 181 Å². The van der Waals surface area contributed by atoms with Gasteiger partial charge in [-0.05, 0) is 35.2 Å². The Balaban J connectivity index is 1.68. The van der Waals surface area contributed by atoms with E-state index in [0.717, 1.165) is 33.5 Å². The van der Waals surface area contributed by atoms with Gasteiger partial charge in [0.05, 0.1) is 19.7 Å². The summed E-state index contributed by atoms with van der Waals surface area (Å²) in [6.07, 6.45) is 0.527. The lowest BCUT2D eigenvalue weighted by atomic mass is 9.86. The van der Waals surface area contributed by atoms with Crippen LogP contribution in [0.25, 0.3) is 10.9 Å². The fourth-order valence-electron chi connectivity index (χ4n) is 5.08. The number of fused-ring (bicyclic) bond motifs is 4. The number of carbonyl (C=O) groups excluding carboxylic acids is 2. The van der Waals surface area contributed by atoms with Crippen molar-refractivity contribution >= 4 is 22.7 Å². The Morgan fingerprint density at radius 2 is 1.94 bits per heavy atom. The lowest BCUT2D eigenvalue weighted by Gasteiger charge is -2.47. The Kier molecular flexibility index (Phi) is 4.73. The molecule has 3 heterocycles. The Morgan fingerprint density at radius 1 is 1.13 bits per heavy atom. The molecule has 0 aliphatic carbocycles. The topological polar surface area (TPSA) is 65.6 Å². The van der Waals surface area contributed by atoms with E-state index in [1.54, 1.807) is 16.9 Å². The molecule has 0 spiro atoms. The highest BCUT2D eigenvalue weighted by molar-refractivity contribution is 5.97. The molecular weight excluding hydrogens is 390 g/mol. The number of nitrogens with one attached hydrogen (secondary N) is 1. The monoisotopic (exact) mass is 417 g/mol. The van der Waals surface area contributed by atoms with Gasteiger partial charge in [0, 0.05) is 29.6 Å². The minimum absolute atomic E-state index is 0.0117. The molecule has 1 aromatic heterocycles. The molecule has 1 saturated heterocycles. The molecule has 2 aliphatic rings. The number of amides is 2. The van der Waals surface area contributed by atoms with Crippen molar-refractivity contribution in [3.63, 3.8) is 0 Å². The number of H-pyrrole nitrogens is 1. The Morgan fingerprint density at radius 3 is 2.71 bits per heavy atom. The zero-order valence-corrected chi connectivity index (χ0v) is 18.1. The van der Waals surface area contributed by atoms with Gasteiger partial charge in [-0.25, -0.2) is 0 Å². The molecule has 5 rings (SSSR count). The molecular formula is C25H27N3O3. The van der Waals surface area contributed by atoms with Crippen molar-refractivity contribution < 1.29 is 14.3 Å². The van der Waals surface area contributed by atoms with Gasteiger partial charge in [0.15, 0.2) is 0 Å². The van der Waals surface area contributed by atoms with E-state index in [1.807, 2.05) is 42.5 Å². The van der Waals surface area contributed by atoms with E-state index >= 15 is 0 Å². The van der Waals surface area contributed by atoms with Crippen LogP contribution < -0.4 is 4.74 Å². The number of rotatable bonds is 4. The average Bonchev–Trinajstić information content (AvgIpc) is 3.14. The molecule has 6 nitrogen and oxygen atoms in total. The van der Waals surface area contributed by atoms with Crippen molar-refractivity contribution in [3.05, 3.63) is 65.4 Å². The summed E-state index contributed by atoms with van der Waals surface area (Å²) in [5, 5.41) is 1.12. The molecule has 2 amide bonds. The summed E-state index contributed by atoms with van der Waals surface area (Å²) < 4.78 is 5.45. The minimum Gasteiger partial charge on any atom is -0.497 e. The van der Waals surface area contributed by atoms with Crippen LogP contribution in [0.3, 0.4) is 0 Å². The highest BCUT2D eigenvalue weighted by Gasteiger charge is 2.48. The predicted octanol–water partition coefficient (Wildman–Crippen LogP) is 3.52. The van der Waals surface area contributed by atoms with Gasteiger partial charge in [-0.2, -0.15) is 0 Å². The van der Waals surface area contributed by atoms with Crippen molar-refractivity contribution in [2.24, 2.45) is 5.92 Å². The summed E-state index contributed by atoms with van der Waals surface area (Å²) in [5.74, 6) is 1.07. The third-order valence-electron chi connectivity index (χ3n) is 6.34. The molecule has 2 aliphatic heterocycles. The van der Waals surface area contributed by atoms with Crippen LogP contribution in [0, 0.1) is 5.92 Å². The van der Waals surface area contributed by atoms with Gasteiger partial charge >= 0.3 is 0 Å². The quantitative estimate of drug-likeness (QED) is 0.706. The van der Waals surface area contributed by atoms with Gasteiger partial charge in [-0.15, -0.1) is 0 Å². The summed E-state index contributed by atoms with van der Waals surface area (Å²) in [7, 11) is 1.64. The molecule has 1 fully saturated rings. The Hall–Kier alpha value is -3.28. The summed E-state index contributed by atoms with van der Waals surface area (Å²) >= 11 is 0. The number of ether oxygens (including phenoxy) is 1. The first kappa shape index (κ1) is 19.7. The van der Waals surface area contributed by atoms with Crippen LogP contribution in [0.15, 0.2) is 48.5 Å². The lowest BCUT2D eigenvalue weighted by molar-refractivity contribution is -0.159. The van der Waals surface area contributed by atoms with Crippen molar-refractivity contribution in [1.82, 2.24) is 14.8 Å². The summed E-state index contributed by atoms with van der Waals surface area (Å²) in [5.41, 5.74) is 4.08. The van der Waals surface area contributed by atoms with Crippen LogP contribution >= 0.6 is 0 Å². The second-order valence-electron chi connectivity index (χ2n) is 8.88. The van der Waals surface area contributed by atoms with E-state index in [-0.39, 0.29) is 24.4 Å². The van der Waals surface area contributed by atoms with Crippen LogP contribution in [-0.2, 0) is 16.0 Å². The van der Waals surface area contributed by atoms with Crippen LogP contribution in [0.4, 0.5) is 0 Å². The second-order valence-corrected chi connectivity index (χ2v) is 8.88. The van der Waals surface area contributed by atoms with E-state index in [4.69, 9.17) is 4.74 Å². The second kappa shape index (κ2) is 7.45. The normalized spacial score (nSPS) is 20.9. The summed E-state index contributed by atoms with van der Waals surface area (Å²) in [4.78, 5) is 34.0. The molecule has 0 saturated carbocycles. The highest BCUT2D eigenvalue weighted by atomic mass is 16.5. The van der Waals surface area contributed by atoms with Crippen molar-refractivity contribution in [2.45, 2.75) is 32.4 Å². The first-order valence-corrected chi connectivity index (χ1v) is 10.8. The highest BCUT2D eigenvalue weighted by Crippen LogP contribution is 2.43. The van der Waals surface area contributed by atoms with Crippen molar-refractivity contribution in [2.75, 3.05) is 20.2 Å². The molecule has 6 heteroatoms. The average molecular weight is 418 g/mol. The molecule has 0 unspecified atom stereocenters. The fourth-order valence-corrected chi connectivity index (χ4v) is 5.08. The van der Waals surface area contributed by atoms with Gasteiger partial charge in [0.2, 0.25) is 11.8 Å². The van der Waals surface area contributed by atoms with E-state index in [9.17, 15) is 9.59 Å². The molecule has 2 aromatic carbocycles. The van der Waals surface area contributed by atoms with Crippen LogP contribution in [0.2, 0.25) is 0 Å². The van der Waals surface area contributed by atoms with Gasteiger partial charge < -0.3 is 19.5 Å².